The summed E-state index contributed by atoms with van der Waals surface area (Å²) < 4.78 is 27.2. The molecule has 0 radical (unpaired) electrons. The molecule has 7 nitrogen and oxygen atoms in total. The molecule has 0 bridgehead atoms. The van der Waals surface area contributed by atoms with Crippen LogP contribution in [0, 0.1) is 12.8 Å². The summed E-state index contributed by atoms with van der Waals surface area (Å²) in [6.45, 7) is 3.39. The molecule has 2 aromatic rings. The topological polar surface area (TPSA) is 83.5 Å². The summed E-state index contributed by atoms with van der Waals surface area (Å²) in [5.74, 6) is -0.177. The van der Waals surface area contributed by atoms with Crippen molar-refractivity contribution in [1.29, 1.82) is 0 Å². The van der Waals surface area contributed by atoms with E-state index in [0.717, 1.165) is 10.7 Å². The highest BCUT2D eigenvalue weighted by atomic mass is 32.2. The summed E-state index contributed by atoms with van der Waals surface area (Å²) in [4.78, 5) is 22.5. The summed E-state index contributed by atoms with van der Waals surface area (Å²) in [5.41, 5.74) is 1.33. The molecule has 0 N–H and O–H groups in total. The smallest absolute Gasteiger partial charge is 0.254 e. The summed E-state index contributed by atoms with van der Waals surface area (Å²) in [5, 5.41) is 2.32. The maximum atomic E-state index is 12.8. The van der Waals surface area contributed by atoms with E-state index in [2.05, 4.69) is 9.97 Å². The monoisotopic (exact) mass is 378 g/mol. The third-order valence-electron chi connectivity index (χ3n) is 4.78. The third-order valence-corrected chi connectivity index (χ3v) is 7.90. The molecule has 2 aromatic heterocycles. The Morgan fingerprint density at radius 1 is 1.28 bits per heavy atom. The van der Waals surface area contributed by atoms with Gasteiger partial charge in [0.1, 0.15) is 0 Å². The fourth-order valence-corrected chi connectivity index (χ4v) is 6.30. The Morgan fingerprint density at radius 3 is 2.68 bits per heavy atom. The number of carbonyl (C=O) groups is 1. The predicted molar refractivity (Wildman–Crippen MR) is 93.6 cm³/mol. The number of likely N-dealkylation sites (tertiary alicyclic amines) is 1. The number of sulfonamides is 1. The number of hydrogen-bond donors (Lipinski definition) is 0. The zero-order valence-electron chi connectivity index (χ0n) is 13.7. The van der Waals surface area contributed by atoms with E-state index in [4.69, 9.17) is 0 Å². The first-order valence-electron chi connectivity index (χ1n) is 8.04. The number of fused-ring (bicyclic) bond motifs is 1. The third kappa shape index (κ3) is 2.96. The van der Waals surface area contributed by atoms with Gasteiger partial charge in [-0.15, -0.1) is 11.3 Å². The Hall–Kier alpha value is -1.84. The Bertz CT molecular complexity index is 897. The van der Waals surface area contributed by atoms with Crippen LogP contribution in [0.4, 0.5) is 0 Å². The first-order valence-corrected chi connectivity index (χ1v) is 10.4. The molecule has 4 heterocycles. The second kappa shape index (κ2) is 6.15. The van der Waals surface area contributed by atoms with Gasteiger partial charge >= 0.3 is 0 Å². The molecule has 2 aliphatic heterocycles. The van der Waals surface area contributed by atoms with E-state index in [1.54, 1.807) is 29.4 Å². The molecular formula is C16H18N4O3S2. The molecule has 0 spiro atoms. The number of aromatic nitrogens is 2. The number of thiazole rings is 1. The van der Waals surface area contributed by atoms with Crippen LogP contribution in [-0.4, -0.2) is 58.4 Å². The summed E-state index contributed by atoms with van der Waals surface area (Å²) in [6, 6.07) is 3.31. The van der Waals surface area contributed by atoms with E-state index in [0.29, 0.717) is 25.2 Å². The standard InChI is InChI=1S/C16H18N4O3S2/c1-11-18-14(10-24-11)8-20-7-13-6-19(9-15(13)25(20,22)23)16(21)12-2-4-17-5-3-12/h2-5,10,13,15H,6-9H2,1H3/t13-,15+/m1/s1. The minimum atomic E-state index is -3.41. The molecule has 0 unspecified atom stereocenters. The van der Waals surface area contributed by atoms with Crippen molar-refractivity contribution >= 4 is 27.3 Å². The molecular weight excluding hydrogens is 360 g/mol. The van der Waals surface area contributed by atoms with Crippen LogP contribution in [0.15, 0.2) is 29.9 Å². The van der Waals surface area contributed by atoms with Crippen molar-refractivity contribution in [1.82, 2.24) is 19.2 Å². The number of nitrogens with zero attached hydrogens (tertiary/aromatic N) is 4. The van der Waals surface area contributed by atoms with E-state index in [-0.39, 0.29) is 18.4 Å². The van der Waals surface area contributed by atoms with Gasteiger partial charge in [-0.1, -0.05) is 0 Å². The molecule has 4 rings (SSSR count). The predicted octanol–water partition coefficient (Wildman–Crippen LogP) is 1.13. The zero-order valence-corrected chi connectivity index (χ0v) is 15.3. The van der Waals surface area contributed by atoms with Gasteiger partial charge in [-0.05, 0) is 19.1 Å². The molecule has 2 fully saturated rings. The number of aryl methyl sites for hydroxylation is 1. The average Bonchev–Trinajstić information content (AvgIpc) is 3.26. The molecule has 0 aromatic carbocycles. The minimum absolute atomic E-state index is 0.0458. The van der Waals surface area contributed by atoms with Crippen molar-refractivity contribution in [3.8, 4) is 0 Å². The van der Waals surface area contributed by atoms with Crippen LogP contribution >= 0.6 is 11.3 Å². The number of amides is 1. The van der Waals surface area contributed by atoms with Gasteiger partial charge in [-0.3, -0.25) is 9.78 Å². The fourth-order valence-electron chi connectivity index (χ4n) is 3.57. The Morgan fingerprint density at radius 2 is 2.04 bits per heavy atom. The highest BCUT2D eigenvalue weighted by Gasteiger charge is 2.52. The van der Waals surface area contributed by atoms with Crippen LogP contribution < -0.4 is 0 Å². The van der Waals surface area contributed by atoms with Crippen molar-refractivity contribution in [3.63, 3.8) is 0 Å². The number of rotatable bonds is 3. The molecule has 1 amide bonds. The van der Waals surface area contributed by atoms with E-state index < -0.39 is 15.3 Å². The van der Waals surface area contributed by atoms with E-state index in [1.807, 2.05) is 12.3 Å². The first-order chi connectivity index (χ1) is 11.9. The molecule has 2 saturated heterocycles. The lowest BCUT2D eigenvalue weighted by atomic mass is 10.1. The summed E-state index contributed by atoms with van der Waals surface area (Å²) in [7, 11) is -3.41. The van der Waals surface area contributed by atoms with E-state index in [1.165, 1.54) is 15.6 Å². The Kier molecular flexibility index (Phi) is 4.09. The molecule has 0 aliphatic carbocycles. The van der Waals surface area contributed by atoms with Gasteiger partial charge in [-0.2, -0.15) is 4.31 Å². The van der Waals surface area contributed by atoms with Crippen molar-refractivity contribution in [2.45, 2.75) is 18.7 Å². The lowest BCUT2D eigenvalue weighted by Crippen LogP contribution is -2.36. The maximum absolute atomic E-state index is 12.8. The maximum Gasteiger partial charge on any atom is 0.254 e. The van der Waals surface area contributed by atoms with Crippen LogP contribution in [0.25, 0.3) is 0 Å². The first kappa shape index (κ1) is 16.6. The number of hydrogen-bond acceptors (Lipinski definition) is 6. The van der Waals surface area contributed by atoms with E-state index >= 15 is 0 Å². The van der Waals surface area contributed by atoms with Gasteiger partial charge in [0.15, 0.2) is 0 Å². The zero-order chi connectivity index (χ0) is 17.6. The quantitative estimate of drug-likeness (QED) is 0.800. The second-order valence-corrected chi connectivity index (χ2v) is 9.65. The van der Waals surface area contributed by atoms with Gasteiger partial charge in [0.2, 0.25) is 10.0 Å². The van der Waals surface area contributed by atoms with Crippen LogP contribution in [-0.2, 0) is 16.6 Å². The molecule has 25 heavy (non-hydrogen) atoms. The van der Waals surface area contributed by atoms with Gasteiger partial charge in [0.25, 0.3) is 5.91 Å². The van der Waals surface area contributed by atoms with E-state index in [9.17, 15) is 13.2 Å². The van der Waals surface area contributed by atoms with Crippen molar-refractivity contribution in [2.24, 2.45) is 5.92 Å². The van der Waals surface area contributed by atoms with Gasteiger partial charge in [0.05, 0.1) is 22.5 Å². The van der Waals surface area contributed by atoms with Crippen molar-refractivity contribution in [2.75, 3.05) is 19.6 Å². The summed E-state index contributed by atoms with van der Waals surface area (Å²) in [6.07, 6.45) is 3.14. The fraction of sp³-hybridized carbons (Fsp3) is 0.438. The number of carbonyl (C=O) groups excluding carboxylic acids is 1. The molecule has 132 valence electrons. The second-order valence-electron chi connectivity index (χ2n) is 6.44. The molecule has 2 atom stereocenters. The highest BCUT2D eigenvalue weighted by molar-refractivity contribution is 7.90. The van der Waals surface area contributed by atoms with Gasteiger partial charge < -0.3 is 4.90 Å². The molecule has 2 aliphatic rings. The summed E-state index contributed by atoms with van der Waals surface area (Å²) >= 11 is 1.52. The molecule has 0 saturated carbocycles. The molecule has 9 heteroatoms. The number of pyridine rings is 1. The van der Waals surface area contributed by atoms with Crippen LogP contribution in [0.1, 0.15) is 21.1 Å². The Balaban J connectivity index is 1.48. The highest BCUT2D eigenvalue weighted by Crippen LogP contribution is 2.35. The minimum Gasteiger partial charge on any atom is -0.337 e. The lowest BCUT2D eigenvalue weighted by Gasteiger charge is -2.21. The Labute approximate surface area is 150 Å². The average molecular weight is 378 g/mol. The van der Waals surface area contributed by atoms with Gasteiger partial charge in [-0.25, -0.2) is 13.4 Å². The van der Waals surface area contributed by atoms with Crippen LogP contribution in [0.2, 0.25) is 0 Å². The van der Waals surface area contributed by atoms with Gasteiger partial charge in [0, 0.05) is 48.9 Å². The van der Waals surface area contributed by atoms with Crippen molar-refractivity contribution in [3.05, 3.63) is 46.2 Å². The largest absolute Gasteiger partial charge is 0.337 e. The van der Waals surface area contributed by atoms with Crippen molar-refractivity contribution < 1.29 is 13.2 Å². The van der Waals surface area contributed by atoms with Crippen LogP contribution in [0.3, 0.4) is 0 Å². The lowest BCUT2D eigenvalue weighted by molar-refractivity contribution is 0.0784. The van der Waals surface area contributed by atoms with Crippen LogP contribution in [0.5, 0.6) is 0 Å². The normalized spacial score (nSPS) is 25.2. The SMILES string of the molecule is Cc1nc(CN2C[C@H]3CN(C(=O)c4ccncc4)C[C@@H]3S2(=O)=O)cs1.